The normalized spacial score (nSPS) is 55.8. The van der Waals surface area contributed by atoms with Gasteiger partial charge in [-0.2, -0.15) is 0 Å². The molecule has 2 saturated carbocycles. The van der Waals surface area contributed by atoms with E-state index >= 15 is 0 Å². The first-order valence-electron chi connectivity index (χ1n) is 6.95. The van der Waals surface area contributed by atoms with Crippen LogP contribution in [0.4, 0.5) is 0 Å². The molecular weight excluding hydrogens is 196 g/mol. The smallest absolute Gasteiger partial charge is 0.0887 e. The van der Waals surface area contributed by atoms with Gasteiger partial charge < -0.3 is 5.11 Å². The number of allylic oxidation sites excluding steroid dienone is 1. The van der Waals surface area contributed by atoms with Crippen LogP contribution in [-0.4, -0.2) is 10.7 Å². The summed E-state index contributed by atoms with van der Waals surface area (Å²) in [5.41, 5.74) is 0.973. The number of rotatable bonds is 0. The van der Waals surface area contributed by atoms with Crippen molar-refractivity contribution in [1.82, 2.24) is 0 Å². The van der Waals surface area contributed by atoms with Gasteiger partial charge in [-0.1, -0.05) is 26.8 Å². The summed E-state index contributed by atoms with van der Waals surface area (Å²) in [5.74, 6) is 3.42. The molecule has 0 aromatic heterocycles. The maximum atomic E-state index is 11.0. The van der Waals surface area contributed by atoms with Gasteiger partial charge in [-0.05, 0) is 60.8 Å². The molecule has 0 heterocycles. The Morgan fingerprint density at radius 3 is 2.69 bits per heavy atom. The predicted octanol–water partition coefficient (Wildman–Crippen LogP) is 3.39. The Bertz CT molecular complexity index is 332. The summed E-state index contributed by atoms with van der Waals surface area (Å²) in [6.45, 7) is 6.88. The van der Waals surface area contributed by atoms with Crippen molar-refractivity contribution in [3.8, 4) is 0 Å². The SMILES string of the molecule is CC1C=C2C3CC(C)CC2(O)C(C)CC3C1. The van der Waals surface area contributed by atoms with Crippen molar-refractivity contribution in [2.45, 2.75) is 52.1 Å². The second kappa shape index (κ2) is 3.35. The lowest BCUT2D eigenvalue weighted by molar-refractivity contribution is -0.0768. The van der Waals surface area contributed by atoms with E-state index < -0.39 is 5.60 Å². The van der Waals surface area contributed by atoms with E-state index in [2.05, 4.69) is 26.8 Å². The van der Waals surface area contributed by atoms with E-state index in [0.29, 0.717) is 23.7 Å². The summed E-state index contributed by atoms with van der Waals surface area (Å²) in [5, 5.41) is 11.0. The average Bonchev–Trinajstić information content (AvgIpc) is 2.17. The van der Waals surface area contributed by atoms with Gasteiger partial charge in [-0.15, -0.1) is 0 Å². The third-order valence-corrected chi connectivity index (χ3v) is 5.39. The van der Waals surface area contributed by atoms with Crippen molar-refractivity contribution in [2.24, 2.45) is 29.6 Å². The Balaban J connectivity index is 2.07. The fourth-order valence-corrected chi connectivity index (χ4v) is 4.74. The zero-order valence-electron chi connectivity index (χ0n) is 10.7. The number of hydrogen-bond acceptors (Lipinski definition) is 1. The molecule has 3 rings (SSSR count). The van der Waals surface area contributed by atoms with Gasteiger partial charge in [0, 0.05) is 0 Å². The predicted molar refractivity (Wildman–Crippen MR) is 66.0 cm³/mol. The van der Waals surface area contributed by atoms with Gasteiger partial charge in [0.2, 0.25) is 0 Å². The highest BCUT2D eigenvalue weighted by atomic mass is 16.3. The van der Waals surface area contributed by atoms with Gasteiger partial charge in [0.25, 0.3) is 0 Å². The Kier molecular flexibility index (Phi) is 2.27. The molecule has 0 amide bonds. The van der Waals surface area contributed by atoms with E-state index in [-0.39, 0.29) is 0 Å². The molecule has 4 bridgehead atoms. The summed E-state index contributed by atoms with van der Waals surface area (Å²) in [4.78, 5) is 0. The molecule has 0 aromatic carbocycles. The molecule has 2 fully saturated rings. The molecule has 3 aliphatic carbocycles. The van der Waals surface area contributed by atoms with E-state index in [9.17, 15) is 5.11 Å². The van der Waals surface area contributed by atoms with Crippen LogP contribution in [0.15, 0.2) is 11.6 Å². The summed E-state index contributed by atoms with van der Waals surface area (Å²) in [6, 6.07) is 0. The first-order chi connectivity index (χ1) is 7.50. The highest BCUT2D eigenvalue weighted by molar-refractivity contribution is 5.31. The fourth-order valence-electron chi connectivity index (χ4n) is 4.74. The molecule has 1 N–H and O–H groups in total. The van der Waals surface area contributed by atoms with Gasteiger partial charge >= 0.3 is 0 Å². The zero-order chi connectivity index (χ0) is 11.5. The highest BCUT2D eigenvalue weighted by Crippen LogP contribution is 2.57. The summed E-state index contributed by atoms with van der Waals surface area (Å²) < 4.78 is 0. The van der Waals surface area contributed by atoms with Gasteiger partial charge in [0.15, 0.2) is 0 Å². The van der Waals surface area contributed by atoms with Crippen LogP contribution in [0.3, 0.4) is 0 Å². The maximum Gasteiger partial charge on any atom is 0.0887 e. The van der Waals surface area contributed by atoms with Gasteiger partial charge in [0.05, 0.1) is 5.60 Å². The molecular formula is C15H24O. The number of aliphatic hydroxyl groups is 1. The Hall–Kier alpha value is -0.300. The third-order valence-electron chi connectivity index (χ3n) is 5.39. The van der Waals surface area contributed by atoms with E-state index in [1.54, 1.807) is 0 Å². The lowest BCUT2D eigenvalue weighted by Gasteiger charge is -2.56. The monoisotopic (exact) mass is 220 g/mol. The Morgan fingerprint density at radius 1 is 1.19 bits per heavy atom. The summed E-state index contributed by atoms with van der Waals surface area (Å²) in [6.07, 6.45) is 7.31. The molecule has 3 aliphatic rings. The van der Waals surface area contributed by atoms with Crippen molar-refractivity contribution in [1.29, 1.82) is 0 Å². The zero-order valence-corrected chi connectivity index (χ0v) is 10.7. The van der Waals surface area contributed by atoms with Crippen LogP contribution >= 0.6 is 0 Å². The first kappa shape index (κ1) is 10.8. The van der Waals surface area contributed by atoms with Crippen molar-refractivity contribution < 1.29 is 5.11 Å². The standard InChI is InChI=1S/C15H24O/c1-9-4-12-7-11(3)15(16)8-10(2)5-13(12)14(15)6-9/h6,9-13,16H,4-5,7-8H2,1-3H3. The molecule has 6 atom stereocenters. The first-order valence-corrected chi connectivity index (χ1v) is 6.95. The molecule has 16 heavy (non-hydrogen) atoms. The van der Waals surface area contributed by atoms with Crippen LogP contribution in [0.1, 0.15) is 46.5 Å². The van der Waals surface area contributed by atoms with E-state index in [4.69, 9.17) is 0 Å². The van der Waals surface area contributed by atoms with Crippen molar-refractivity contribution >= 4 is 0 Å². The van der Waals surface area contributed by atoms with Gasteiger partial charge in [-0.25, -0.2) is 0 Å². The van der Waals surface area contributed by atoms with Crippen LogP contribution in [0.5, 0.6) is 0 Å². The van der Waals surface area contributed by atoms with Crippen LogP contribution in [0.2, 0.25) is 0 Å². The molecule has 0 spiro atoms. The molecule has 0 aromatic rings. The van der Waals surface area contributed by atoms with Gasteiger partial charge in [-0.3, -0.25) is 0 Å². The minimum absolute atomic E-state index is 0.451. The van der Waals surface area contributed by atoms with Crippen molar-refractivity contribution in [2.75, 3.05) is 0 Å². The minimum atomic E-state index is -0.451. The molecule has 90 valence electrons. The van der Waals surface area contributed by atoms with Crippen LogP contribution in [-0.2, 0) is 0 Å². The Morgan fingerprint density at radius 2 is 1.94 bits per heavy atom. The molecule has 0 saturated heterocycles. The van der Waals surface area contributed by atoms with E-state index in [0.717, 1.165) is 12.3 Å². The second-order valence-electron chi connectivity index (χ2n) is 6.81. The molecule has 1 heteroatoms. The maximum absolute atomic E-state index is 11.0. The largest absolute Gasteiger partial charge is 0.385 e. The summed E-state index contributed by atoms with van der Waals surface area (Å²) in [7, 11) is 0. The van der Waals surface area contributed by atoms with E-state index in [1.165, 1.54) is 24.8 Å². The average molecular weight is 220 g/mol. The topological polar surface area (TPSA) is 20.2 Å². The summed E-state index contributed by atoms with van der Waals surface area (Å²) >= 11 is 0. The van der Waals surface area contributed by atoms with Crippen molar-refractivity contribution in [3.05, 3.63) is 11.6 Å². The highest BCUT2D eigenvalue weighted by Gasteiger charge is 2.53. The van der Waals surface area contributed by atoms with Crippen LogP contribution in [0.25, 0.3) is 0 Å². The minimum Gasteiger partial charge on any atom is -0.385 e. The van der Waals surface area contributed by atoms with Crippen molar-refractivity contribution in [3.63, 3.8) is 0 Å². The quantitative estimate of drug-likeness (QED) is 0.620. The van der Waals surface area contributed by atoms with Crippen LogP contribution in [0, 0.1) is 29.6 Å². The Labute approximate surface area is 98.9 Å². The lowest BCUT2D eigenvalue weighted by Crippen LogP contribution is -2.54. The molecule has 0 aliphatic heterocycles. The molecule has 6 unspecified atom stereocenters. The fraction of sp³-hybridized carbons (Fsp3) is 0.867. The molecule has 1 nitrogen and oxygen atoms in total. The number of hydrogen-bond donors (Lipinski definition) is 1. The molecule has 0 radical (unpaired) electrons. The van der Waals surface area contributed by atoms with E-state index in [1.807, 2.05) is 0 Å². The second-order valence-corrected chi connectivity index (χ2v) is 6.81. The third kappa shape index (κ3) is 1.33. The lowest BCUT2D eigenvalue weighted by atomic mass is 9.51. The van der Waals surface area contributed by atoms with Crippen LogP contribution < -0.4 is 0 Å². The van der Waals surface area contributed by atoms with Gasteiger partial charge in [0.1, 0.15) is 0 Å².